The summed E-state index contributed by atoms with van der Waals surface area (Å²) < 4.78 is 27.8. The van der Waals surface area contributed by atoms with Gasteiger partial charge < -0.3 is 10.2 Å². The van der Waals surface area contributed by atoms with Gasteiger partial charge in [-0.25, -0.2) is 18.1 Å². The zero-order chi connectivity index (χ0) is 22.6. The van der Waals surface area contributed by atoms with Crippen molar-refractivity contribution in [1.82, 2.24) is 14.7 Å². The lowest BCUT2D eigenvalue weighted by molar-refractivity contribution is 0.284. The van der Waals surface area contributed by atoms with Crippen LogP contribution in [0.2, 0.25) is 0 Å². The van der Waals surface area contributed by atoms with Crippen molar-refractivity contribution in [2.24, 2.45) is 11.8 Å². The van der Waals surface area contributed by atoms with Crippen molar-refractivity contribution in [1.29, 1.82) is 0 Å². The molecule has 0 atom stereocenters. The van der Waals surface area contributed by atoms with E-state index in [9.17, 15) is 8.42 Å². The molecule has 1 fully saturated rings. The number of hydrogen-bond donors (Lipinski definition) is 2. The monoisotopic (exact) mass is 473 g/mol. The molecule has 1 aliphatic carbocycles. The van der Waals surface area contributed by atoms with Gasteiger partial charge in [-0.3, -0.25) is 0 Å². The molecule has 1 aromatic carbocycles. The van der Waals surface area contributed by atoms with Crippen molar-refractivity contribution < 1.29 is 8.42 Å². The molecule has 172 valence electrons. The first-order chi connectivity index (χ1) is 15.5. The maximum absolute atomic E-state index is 12.3. The Morgan fingerprint density at radius 1 is 1.03 bits per heavy atom. The maximum atomic E-state index is 12.3. The van der Waals surface area contributed by atoms with E-state index in [1.165, 1.54) is 11.3 Å². The predicted molar refractivity (Wildman–Crippen MR) is 132 cm³/mol. The Morgan fingerprint density at radius 3 is 2.44 bits per heavy atom. The third kappa shape index (κ3) is 5.39. The van der Waals surface area contributed by atoms with E-state index in [4.69, 9.17) is 9.97 Å². The zero-order valence-electron chi connectivity index (χ0n) is 18.6. The van der Waals surface area contributed by atoms with Gasteiger partial charge in [-0.1, -0.05) is 18.2 Å². The topological polar surface area (TPSA) is 87.2 Å². The summed E-state index contributed by atoms with van der Waals surface area (Å²) in [5, 5.41) is 6.31. The molecule has 1 aliphatic rings. The fourth-order valence-corrected chi connectivity index (χ4v) is 6.32. The first-order valence-electron chi connectivity index (χ1n) is 11.2. The van der Waals surface area contributed by atoms with Crippen molar-refractivity contribution in [3.05, 3.63) is 41.8 Å². The molecule has 0 aliphatic heterocycles. The van der Waals surface area contributed by atoms with Gasteiger partial charge in [-0.2, -0.15) is 4.98 Å². The molecule has 2 N–H and O–H groups in total. The van der Waals surface area contributed by atoms with Gasteiger partial charge in [0.05, 0.1) is 5.52 Å². The van der Waals surface area contributed by atoms with Crippen LogP contribution >= 0.6 is 11.3 Å². The number of nitrogens with zero attached hydrogens (tertiary/aromatic N) is 3. The molecule has 0 bridgehead atoms. The lowest BCUT2D eigenvalue weighted by atomic mass is 9.82. The Hall–Kier alpha value is -2.23. The van der Waals surface area contributed by atoms with Gasteiger partial charge in [0.25, 0.3) is 0 Å². The fraction of sp³-hybridized carbons (Fsp3) is 0.478. The molecule has 4 rings (SSSR count). The predicted octanol–water partition coefficient (Wildman–Crippen LogP) is 4.34. The van der Waals surface area contributed by atoms with Crippen LogP contribution in [0.25, 0.3) is 10.9 Å². The molecule has 0 radical (unpaired) electrons. The fourth-order valence-electron chi connectivity index (χ4n) is 4.17. The standard InChI is InChI=1S/C23H31N5O2S2/c1-3-28(2)22-19-7-4-5-8-20(19)26-23(27-22)24-15-17-10-12-18(13-11-17)16-25-32(29,30)21-9-6-14-31-21/h4-9,14,17-18,25H,3,10-13,15-16H2,1-2H3,(H,24,26,27). The minimum absolute atomic E-state index is 0.388. The Morgan fingerprint density at radius 2 is 1.75 bits per heavy atom. The molecule has 32 heavy (non-hydrogen) atoms. The summed E-state index contributed by atoms with van der Waals surface area (Å²) in [6.45, 7) is 4.34. The quantitative estimate of drug-likeness (QED) is 0.481. The van der Waals surface area contributed by atoms with Gasteiger partial charge in [0.15, 0.2) is 0 Å². The highest BCUT2D eigenvalue weighted by Gasteiger charge is 2.24. The van der Waals surface area contributed by atoms with Crippen molar-refractivity contribution in [3.63, 3.8) is 0 Å². The summed E-state index contributed by atoms with van der Waals surface area (Å²) >= 11 is 1.25. The molecule has 0 saturated heterocycles. The van der Waals surface area contributed by atoms with E-state index in [0.29, 0.717) is 28.5 Å². The molecule has 2 heterocycles. The third-order valence-corrected chi connectivity index (χ3v) is 9.08. The number of rotatable bonds is 9. The summed E-state index contributed by atoms with van der Waals surface area (Å²) in [7, 11) is -1.32. The number of hydrogen-bond acceptors (Lipinski definition) is 7. The lowest BCUT2D eigenvalue weighted by Gasteiger charge is -2.28. The SMILES string of the molecule is CCN(C)c1nc(NCC2CCC(CNS(=O)(=O)c3cccs3)CC2)nc2ccccc12. The summed E-state index contributed by atoms with van der Waals surface area (Å²) in [5.74, 6) is 2.55. The van der Waals surface area contributed by atoms with Crippen LogP contribution in [-0.2, 0) is 10.0 Å². The summed E-state index contributed by atoms with van der Waals surface area (Å²) in [6, 6.07) is 11.5. The van der Waals surface area contributed by atoms with E-state index >= 15 is 0 Å². The van der Waals surface area contributed by atoms with Crippen LogP contribution in [0, 0.1) is 11.8 Å². The van der Waals surface area contributed by atoms with Gasteiger partial charge in [0.1, 0.15) is 10.0 Å². The van der Waals surface area contributed by atoms with Crippen LogP contribution in [0.4, 0.5) is 11.8 Å². The average molecular weight is 474 g/mol. The molecule has 2 aromatic heterocycles. The molecule has 0 unspecified atom stereocenters. The highest BCUT2D eigenvalue weighted by molar-refractivity contribution is 7.91. The molecule has 0 spiro atoms. The summed E-state index contributed by atoms with van der Waals surface area (Å²) in [5.41, 5.74) is 0.946. The maximum Gasteiger partial charge on any atom is 0.250 e. The van der Waals surface area contributed by atoms with E-state index in [-0.39, 0.29) is 0 Å². The highest BCUT2D eigenvalue weighted by Crippen LogP contribution is 2.30. The summed E-state index contributed by atoms with van der Waals surface area (Å²) in [6.07, 6.45) is 4.21. The van der Waals surface area contributed by atoms with Gasteiger partial charge in [0.2, 0.25) is 16.0 Å². The van der Waals surface area contributed by atoms with E-state index < -0.39 is 10.0 Å². The number of para-hydroxylation sites is 1. The largest absolute Gasteiger partial charge is 0.359 e. The normalized spacial score (nSPS) is 19.2. The molecule has 3 aromatic rings. The van der Waals surface area contributed by atoms with E-state index in [1.54, 1.807) is 17.5 Å². The number of benzene rings is 1. The second-order valence-corrected chi connectivity index (χ2v) is 11.4. The van der Waals surface area contributed by atoms with Gasteiger partial charge >= 0.3 is 0 Å². The van der Waals surface area contributed by atoms with Crippen molar-refractivity contribution in [2.45, 2.75) is 36.8 Å². The minimum atomic E-state index is -3.37. The zero-order valence-corrected chi connectivity index (χ0v) is 20.3. The number of sulfonamides is 1. The Labute approximate surface area is 194 Å². The van der Waals surface area contributed by atoms with Crippen LogP contribution < -0.4 is 14.9 Å². The van der Waals surface area contributed by atoms with Gasteiger partial charge in [-0.05, 0) is 68.0 Å². The van der Waals surface area contributed by atoms with E-state index in [1.807, 2.05) is 25.2 Å². The minimum Gasteiger partial charge on any atom is -0.359 e. The third-order valence-electron chi connectivity index (χ3n) is 6.26. The lowest BCUT2D eigenvalue weighted by Crippen LogP contribution is -2.32. The molecule has 1 saturated carbocycles. The van der Waals surface area contributed by atoms with Gasteiger partial charge in [-0.15, -0.1) is 11.3 Å². The molecule has 9 heteroatoms. The second-order valence-electron chi connectivity index (χ2n) is 8.45. The number of aromatic nitrogens is 2. The molecular weight excluding hydrogens is 442 g/mol. The number of anilines is 2. The Balaban J connectivity index is 1.30. The van der Waals surface area contributed by atoms with Crippen LogP contribution in [0.1, 0.15) is 32.6 Å². The van der Waals surface area contributed by atoms with Crippen molar-refractivity contribution in [3.8, 4) is 0 Å². The van der Waals surface area contributed by atoms with Crippen LogP contribution in [-0.4, -0.2) is 45.1 Å². The molecule has 7 nitrogen and oxygen atoms in total. The van der Waals surface area contributed by atoms with Crippen molar-refractivity contribution >= 4 is 44.0 Å². The van der Waals surface area contributed by atoms with E-state index in [2.05, 4.69) is 27.9 Å². The van der Waals surface area contributed by atoms with Gasteiger partial charge in [0, 0.05) is 32.1 Å². The second kappa shape index (κ2) is 10.1. The van der Waals surface area contributed by atoms with Crippen LogP contribution in [0.15, 0.2) is 46.0 Å². The number of nitrogens with one attached hydrogen (secondary N) is 2. The summed E-state index contributed by atoms with van der Waals surface area (Å²) in [4.78, 5) is 11.6. The van der Waals surface area contributed by atoms with E-state index in [0.717, 1.165) is 55.5 Å². The molecular formula is C23H31N5O2S2. The molecule has 0 amide bonds. The average Bonchev–Trinajstić information content (AvgIpc) is 3.37. The first-order valence-corrected chi connectivity index (χ1v) is 13.6. The number of fused-ring (bicyclic) bond motifs is 1. The van der Waals surface area contributed by atoms with Crippen molar-refractivity contribution in [2.75, 3.05) is 36.9 Å². The smallest absolute Gasteiger partial charge is 0.250 e. The Kier molecular flexibility index (Phi) is 7.27. The van der Waals surface area contributed by atoms with Crippen LogP contribution in [0.5, 0.6) is 0 Å². The number of thiophene rings is 1. The Bertz CT molecular complexity index is 1130. The first kappa shape index (κ1) is 22.9. The highest BCUT2D eigenvalue weighted by atomic mass is 32.2. The van der Waals surface area contributed by atoms with Crippen LogP contribution in [0.3, 0.4) is 0 Å².